The maximum absolute atomic E-state index is 13.0. The molecule has 5 rings (SSSR count). The first-order valence-corrected chi connectivity index (χ1v) is 13.8. The van der Waals surface area contributed by atoms with Crippen LogP contribution in [0.2, 0.25) is 0 Å². The number of aryl methyl sites for hydroxylation is 1. The number of nitrogens with zero attached hydrogens (tertiary/aromatic N) is 3. The predicted octanol–water partition coefficient (Wildman–Crippen LogP) is 5.34. The molecule has 3 heterocycles. The number of nitrogens with one attached hydrogen (secondary N) is 2. The van der Waals surface area contributed by atoms with Crippen LogP contribution < -0.4 is 10.6 Å². The summed E-state index contributed by atoms with van der Waals surface area (Å²) >= 11 is 1.39. The fraction of sp³-hybridized carbons (Fsp3) is 0.481. The lowest BCUT2D eigenvalue weighted by Gasteiger charge is -2.35. The standard InChI is InChI=1S/C27H30F3N5O3S/c1-16-11-18(13-20(12-16)34-25-31-9-6-22(35-25)27(28,29)30)21-14-32-24(39-21)26(37)7-4-19(5-8-26)33-23(36)17-3-2-10-38-15-17/h6,9,11-14,17,19,37H,2-5,7-8,10,15H2,1H3,(H,33,36)(H,31,34,35)/t17?,19-,26-. The van der Waals surface area contributed by atoms with Gasteiger partial charge < -0.3 is 20.5 Å². The van der Waals surface area contributed by atoms with E-state index in [2.05, 4.69) is 25.6 Å². The summed E-state index contributed by atoms with van der Waals surface area (Å²) in [4.78, 5) is 25.4. The van der Waals surface area contributed by atoms with Gasteiger partial charge >= 0.3 is 6.18 Å². The summed E-state index contributed by atoms with van der Waals surface area (Å²) in [6.07, 6.45) is 2.22. The number of halogens is 3. The highest BCUT2D eigenvalue weighted by Crippen LogP contribution is 2.41. The first-order chi connectivity index (χ1) is 18.6. The molecule has 3 aromatic rings. The highest BCUT2D eigenvalue weighted by molar-refractivity contribution is 7.15. The molecule has 208 valence electrons. The Hall–Kier alpha value is -3.09. The minimum Gasteiger partial charge on any atom is -0.383 e. The Kier molecular flexibility index (Phi) is 7.88. The number of amides is 1. The summed E-state index contributed by atoms with van der Waals surface area (Å²) in [7, 11) is 0. The average molecular weight is 562 g/mol. The summed E-state index contributed by atoms with van der Waals surface area (Å²) in [6, 6.07) is 6.36. The van der Waals surface area contributed by atoms with Gasteiger partial charge in [0.2, 0.25) is 11.9 Å². The van der Waals surface area contributed by atoms with E-state index < -0.39 is 17.5 Å². The van der Waals surface area contributed by atoms with Crippen molar-refractivity contribution in [3.8, 4) is 10.4 Å². The van der Waals surface area contributed by atoms with E-state index in [1.54, 1.807) is 18.3 Å². The quantitative estimate of drug-likeness (QED) is 0.373. The van der Waals surface area contributed by atoms with Crippen LogP contribution in [0.1, 0.15) is 54.8 Å². The normalized spacial score (nSPS) is 23.8. The molecule has 2 fully saturated rings. The lowest BCUT2D eigenvalue weighted by atomic mass is 9.82. The number of carbonyl (C=O) groups is 1. The number of ether oxygens (including phenoxy) is 1. The highest BCUT2D eigenvalue weighted by atomic mass is 32.1. The number of alkyl halides is 3. The third kappa shape index (κ3) is 6.56. The van der Waals surface area contributed by atoms with Crippen LogP contribution in [0.4, 0.5) is 24.8 Å². The van der Waals surface area contributed by atoms with Gasteiger partial charge in [-0.25, -0.2) is 15.0 Å². The SMILES string of the molecule is Cc1cc(Nc2nccc(C(F)(F)F)n2)cc(-c2cnc([C@]3(O)CC[C@H](NC(=O)C4CCCOC4)CC3)s2)c1. The predicted molar refractivity (Wildman–Crippen MR) is 140 cm³/mol. The third-order valence-electron chi connectivity index (χ3n) is 7.16. The number of carbonyl (C=O) groups excluding carboxylic acids is 1. The van der Waals surface area contributed by atoms with Gasteiger partial charge in [-0.05, 0) is 74.8 Å². The van der Waals surface area contributed by atoms with Gasteiger partial charge in [0.25, 0.3) is 0 Å². The minimum atomic E-state index is -4.56. The maximum Gasteiger partial charge on any atom is 0.433 e. The Morgan fingerprint density at radius 3 is 2.69 bits per heavy atom. The number of aromatic nitrogens is 3. The number of hydrogen-bond donors (Lipinski definition) is 3. The molecule has 2 aliphatic rings. The first-order valence-electron chi connectivity index (χ1n) is 13.0. The second-order valence-electron chi connectivity index (χ2n) is 10.2. The van der Waals surface area contributed by atoms with Gasteiger partial charge in [-0.1, -0.05) is 6.07 Å². The topological polar surface area (TPSA) is 109 Å². The molecule has 0 radical (unpaired) electrons. The smallest absolute Gasteiger partial charge is 0.383 e. The Bertz CT molecular complexity index is 1320. The number of benzene rings is 1. The largest absolute Gasteiger partial charge is 0.433 e. The van der Waals surface area contributed by atoms with Crippen molar-refractivity contribution in [1.82, 2.24) is 20.3 Å². The number of thiazole rings is 1. The zero-order valence-electron chi connectivity index (χ0n) is 21.4. The highest BCUT2D eigenvalue weighted by Gasteiger charge is 2.38. The zero-order valence-corrected chi connectivity index (χ0v) is 22.2. The zero-order chi connectivity index (χ0) is 27.6. The molecular formula is C27H30F3N5O3S. The molecule has 3 N–H and O–H groups in total. The maximum atomic E-state index is 13.0. The Balaban J connectivity index is 1.25. The lowest BCUT2D eigenvalue weighted by molar-refractivity contribution is -0.141. The van der Waals surface area contributed by atoms with E-state index in [0.717, 1.165) is 41.1 Å². The molecule has 8 nitrogen and oxygen atoms in total. The van der Waals surface area contributed by atoms with Crippen LogP contribution in [-0.4, -0.2) is 45.2 Å². The van der Waals surface area contributed by atoms with Crippen LogP contribution in [0.25, 0.3) is 10.4 Å². The third-order valence-corrected chi connectivity index (χ3v) is 8.40. The molecule has 1 aliphatic carbocycles. The lowest BCUT2D eigenvalue weighted by Crippen LogP contribution is -2.45. The van der Waals surface area contributed by atoms with Gasteiger partial charge in [-0.15, -0.1) is 11.3 Å². The van der Waals surface area contributed by atoms with Crippen LogP contribution >= 0.6 is 11.3 Å². The Labute approximate surface area is 228 Å². The monoisotopic (exact) mass is 561 g/mol. The van der Waals surface area contributed by atoms with Gasteiger partial charge in [0.05, 0.1) is 17.4 Å². The molecular weight excluding hydrogens is 531 g/mol. The fourth-order valence-electron chi connectivity index (χ4n) is 5.05. The molecule has 39 heavy (non-hydrogen) atoms. The van der Waals surface area contributed by atoms with Crippen molar-refractivity contribution >= 4 is 28.9 Å². The number of aliphatic hydroxyl groups is 1. The number of hydrogen-bond acceptors (Lipinski definition) is 8. The molecule has 1 aromatic carbocycles. The summed E-state index contributed by atoms with van der Waals surface area (Å²) in [5.74, 6) is -0.225. The second kappa shape index (κ2) is 11.2. The van der Waals surface area contributed by atoms with Crippen molar-refractivity contribution < 1.29 is 27.8 Å². The molecule has 1 saturated carbocycles. The van der Waals surface area contributed by atoms with Crippen LogP contribution in [-0.2, 0) is 21.3 Å². The molecule has 1 amide bonds. The molecule has 0 bridgehead atoms. The Morgan fingerprint density at radius 1 is 1.18 bits per heavy atom. The fourth-order valence-corrected chi connectivity index (χ4v) is 6.10. The van der Waals surface area contributed by atoms with E-state index in [0.29, 0.717) is 49.6 Å². The summed E-state index contributed by atoms with van der Waals surface area (Å²) in [5, 5.41) is 18.0. The summed E-state index contributed by atoms with van der Waals surface area (Å²) in [6.45, 7) is 3.06. The van der Waals surface area contributed by atoms with Crippen molar-refractivity contribution in [2.24, 2.45) is 5.92 Å². The van der Waals surface area contributed by atoms with E-state index >= 15 is 0 Å². The molecule has 1 atom stereocenters. The van der Waals surface area contributed by atoms with Gasteiger partial charge in [0.15, 0.2) is 0 Å². The van der Waals surface area contributed by atoms with Crippen LogP contribution in [0.5, 0.6) is 0 Å². The second-order valence-corrected chi connectivity index (χ2v) is 11.3. The number of rotatable bonds is 6. The van der Waals surface area contributed by atoms with Gasteiger partial charge in [-0.2, -0.15) is 13.2 Å². The van der Waals surface area contributed by atoms with Crippen molar-refractivity contribution in [1.29, 1.82) is 0 Å². The van der Waals surface area contributed by atoms with E-state index in [9.17, 15) is 23.1 Å². The van der Waals surface area contributed by atoms with E-state index in [1.165, 1.54) is 11.3 Å². The molecule has 1 saturated heterocycles. The molecule has 1 aliphatic heterocycles. The first kappa shape index (κ1) is 27.5. The van der Waals surface area contributed by atoms with E-state index in [1.807, 2.05) is 13.0 Å². The molecule has 0 spiro atoms. The summed E-state index contributed by atoms with van der Waals surface area (Å²) < 4.78 is 44.5. The van der Waals surface area contributed by atoms with Gasteiger partial charge in [0, 0.05) is 30.7 Å². The Morgan fingerprint density at radius 2 is 1.97 bits per heavy atom. The van der Waals surface area contributed by atoms with E-state index in [-0.39, 0.29) is 23.8 Å². The van der Waals surface area contributed by atoms with Crippen molar-refractivity contribution in [2.45, 2.75) is 63.3 Å². The minimum absolute atomic E-state index is 0.0163. The van der Waals surface area contributed by atoms with Crippen LogP contribution in [0, 0.1) is 12.8 Å². The molecule has 12 heteroatoms. The van der Waals surface area contributed by atoms with Gasteiger partial charge in [0.1, 0.15) is 16.3 Å². The van der Waals surface area contributed by atoms with Crippen molar-refractivity contribution in [2.75, 3.05) is 18.5 Å². The number of anilines is 2. The molecule has 2 aromatic heterocycles. The summed E-state index contributed by atoms with van der Waals surface area (Å²) in [5.41, 5.74) is 0.139. The van der Waals surface area contributed by atoms with Gasteiger partial charge in [-0.3, -0.25) is 4.79 Å². The van der Waals surface area contributed by atoms with Crippen molar-refractivity contribution in [3.63, 3.8) is 0 Å². The average Bonchev–Trinajstić information content (AvgIpc) is 3.42. The van der Waals surface area contributed by atoms with Crippen molar-refractivity contribution in [3.05, 3.63) is 52.9 Å². The molecule has 1 unspecified atom stereocenters. The van der Waals surface area contributed by atoms with E-state index in [4.69, 9.17) is 4.74 Å². The van der Waals surface area contributed by atoms with Crippen LogP contribution in [0.3, 0.4) is 0 Å². The van der Waals surface area contributed by atoms with Crippen LogP contribution in [0.15, 0.2) is 36.7 Å².